The van der Waals surface area contributed by atoms with E-state index in [1.165, 1.54) is 0 Å². The second-order valence-electron chi connectivity index (χ2n) is 6.22. The summed E-state index contributed by atoms with van der Waals surface area (Å²) >= 11 is 0. The molecule has 0 aromatic heterocycles. The summed E-state index contributed by atoms with van der Waals surface area (Å²) in [6.45, 7) is 3.92. The van der Waals surface area contributed by atoms with Gasteiger partial charge in [-0.05, 0) is 43.7 Å². The van der Waals surface area contributed by atoms with Gasteiger partial charge in [0, 0.05) is 25.8 Å². The van der Waals surface area contributed by atoms with Crippen LogP contribution in [0.15, 0.2) is 24.3 Å². The van der Waals surface area contributed by atoms with E-state index in [-0.39, 0.29) is 17.9 Å². The zero-order valence-corrected chi connectivity index (χ0v) is 14.0. The molecule has 0 bridgehead atoms. The quantitative estimate of drug-likeness (QED) is 0.769. The van der Waals surface area contributed by atoms with Gasteiger partial charge in [0.25, 0.3) is 0 Å². The number of aliphatic carboxylic acids is 1. The third-order valence-electron chi connectivity index (χ3n) is 4.56. The van der Waals surface area contributed by atoms with Gasteiger partial charge in [-0.25, -0.2) is 0 Å². The Hall–Kier alpha value is -1.59. The van der Waals surface area contributed by atoms with Crippen molar-refractivity contribution >= 4 is 5.97 Å². The molecule has 2 atom stereocenters. The SMILES string of the molecule is COc1ccccc1CC(C)NCC(C(=O)O)C1CCOCC1. The van der Waals surface area contributed by atoms with Crippen LogP contribution in [-0.4, -0.2) is 44.0 Å². The minimum atomic E-state index is -0.714. The number of hydrogen-bond donors (Lipinski definition) is 2. The third-order valence-corrected chi connectivity index (χ3v) is 4.56. The molecule has 1 heterocycles. The summed E-state index contributed by atoms with van der Waals surface area (Å²) in [5.74, 6) is 0.0143. The van der Waals surface area contributed by atoms with Crippen LogP contribution >= 0.6 is 0 Å². The fraction of sp³-hybridized carbons (Fsp3) is 0.611. The average molecular weight is 321 g/mol. The van der Waals surface area contributed by atoms with E-state index in [4.69, 9.17) is 9.47 Å². The monoisotopic (exact) mass is 321 g/mol. The Bertz CT molecular complexity index is 500. The molecule has 0 spiro atoms. The molecule has 1 aromatic rings. The first-order valence-corrected chi connectivity index (χ1v) is 8.27. The number of para-hydroxylation sites is 1. The molecular weight excluding hydrogens is 294 g/mol. The zero-order valence-electron chi connectivity index (χ0n) is 14.0. The Morgan fingerprint density at radius 3 is 2.74 bits per heavy atom. The lowest BCUT2D eigenvalue weighted by atomic mass is 9.85. The number of ether oxygens (including phenoxy) is 2. The van der Waals surface area contributed by atoms with Gasteiger partial charge >= 0.3 is 5.97 Å². The molecule has 23 heavy (non-hydrogen) atoms. The lowest BCUT2D eigenvalue weighted by Gasteiger charge is -2.28. The number of carboxylic acids is 1. The molecule has 2 rings (SSSR count). The summed E-state index contributed by atoms with van der Waals surface area (Å²) in [6, 6.07) is 8.13. The second kappa shape index (κ2) is 8.89. The van der Waals surface area contributed by atoms with Crippen LogP contribution in [0.4, 0.5) is 0 Å². The number of rotatable bonds is 8. The van der Waals surface area contributed by atoms with Gasteiger partial charge in [0.1, 0.15) is 5.75 Å². The number of carboxylic acid groups (broad SMARTS) is 1. The number of hydrogen-bond acceptors (Lipinski definition) is 4. The predicted octanol–water partition coefficient (Wildman–Crippen LogP) is 2.34. The molecule has 1 aliphatic rings. The van der Waals surface area contributed by atoms with Crippen molar-refractivity contribution in [1.82, 2.24) is 5.32 Å². The van der Waals surface area contributed by atoms with Crippen molar-refractivity contribution in [2.24, 2.45) is 11.8 Å². The minimum absolute atomic E-state index is 0.188. The van der Waals surface area contributed by atoms with Crippen molar-refractivity contribution in [1.29, 1.82) is 0 Å². The van der Waals surface area contributed by atoms with E-state index < -0.39 is 5.97 Å². The molecule has 1 aliphatic heterocycles. The average Bonchev–Trinajstić information content (AvgIpc) is 2.56. The topological polar surface area (TPSA) is 67.8 Å². The van der Waals surface area contributed by atoms with Crippen LogP contribution in [0.25, 0.3) is 0 Å². The van der Waals surface area contributed by atoms with Gasteiger partial charge in [-0.2, -0.15) is 0 Å². The number of nitrogens with one attached hydrogen (secondary N) is 1. The van der Waals surface area contributed by atoms with Crippen LogP contribution < -0.4 is 10.1 Å². The van der Waals surface area contributed by atoms with Gasteiger partial charge in [0.05, 0.1) is 13.0 Å². The van der Waals surface area contributed by atoms with Crippen LogP contribution in [0, 0.1) is 11.8 Å². The molecule has 0 aliphatic carbocycles. The normalized spacial score (nSPS) is 18.3. The molecule has 0 radical (unpaired) electrons. The summed E-state index contributed by atoms with van der Waals surface area (Å²) in [7, 11) is 1.67. The summed E-state index contributed by atoms with van der Waals surface area (Å²) in [6.07, 6.45) is 2.48. The van der Waals surface area contributed by atoms with E-state index in [2.05, 4.69) is 12.2 Å². The van der Waals surface area contributed by atoms with Gasteiger partial charge in [0.2, 0.25) is 0 Å². The van der Waals surface area contributed by atoms with Gasteiger partial charge in [-0.15, -0.1) is 0 Å². The molecule has 5 heteroatoms. The fourth-order valence-electron chi connectivity index (χ4n) is 3.18. The summed E-state index contributed by atoms with van der Waals surface area (Å²) in [5.41, 5.74) is 1.13. The van der Waals surface area contributed by atoms with E-state index >= 15 is 0 Å². The molecule has 128 valence electrons. The Kier molecular flexibility index (Phi) is 6.86. The van der Waals surface area contributed by atoms with E-state index in [1.807, 2.05) is 24.3 Å². The second-order valence-corrected chi connectivity index (χ2v) is 6.22. The highest BCUT2D eigenvalue weighted by molar-refractivity contribution is 5.70. The highest BCUT2D eigenvalue weighted by atomic mass is 16.5. The van der Waals surface area contributed by atoms with Crippen LogP contribution in [0.3, 0.4) is 0 Å². The van der Waals surface area contributed by atoms with Gasteiger partial charge < -0.3 is 19.9 Å². The van der Waals surface area contributed by atoms with E-state index in [9.17, 15) is 9.90 Å². The Morgan fingerprint density at radius 1 is 1.39 bits per heavy atom. The maximum absolute atomic E-state index is 11.6. The van der Waals surface area contributed by atoms with Crippen molar-refractivity contribution in [3.63, 3.8) is 0 Å². The Labute approximate surface area is 138 Å². The molecule has 1 aromatic carbocycles. The first-order valence-electron chi connectivity index (χ1n) is 8.27. The molecule has 1 fully saturated rings. The molecule has 5 nitrogen and oxygen atoms in total. The van der Waals surface area contributed by atoms with Gasteiger partial charge in [-0.1, -0.05) is 18.2 Å². The molecular formula is C18H27NO4. The largest absolute Gasteiger partial charge is 0.496 e. The van der Waals surface area contributed by atoms with E-state index in [0.29, 0.717) is 19.8 Å². The first-order chi connectivity index (χ1) is 11.1. The maximum Gasteiger partial charge on any atom is 0.308 e. The molecule has 0 amide bonds. The summed E-state index contributed by atoms with van der Waals surface area (Å²) < 4.78 is 10.7. The number of benzene rings is 1. The first kappa shape index (κ1) is 17.8. The fourth-order valence-corrected chi connectivity index (χ4v) is 3.18. The molecule has 1 saturated heterocycles. The summed E-state index contributed by atoms with van der Waals surface area (Å²) in [5, 5.41) is 12.9. The van der Waals surface area contributed by atoms with Crippen molar-refractivity contribution in [3.05, 3.63) is 29.8 Å². The lowest BCUT2D eigenvalue weighted by Crippen LogP contribution is -2.40. The molecule has 0 saturated carbocycles. The highest BCUT2D eigenvalue weighted by Gasteiger charge is 2.29. The van der Waals surface area contributed by atoms with Crippen LogP contribution in [0.2, 0.25) is 0 Å². The van der Waals surface area contributed by atoms with Crippen molar-refractivity contribution in [2.45, 2.75) is 32.2 Å². The van der Waals surface area contributed by atoms with Crippen molar-refractivity contribution in [3.8, 4) is 5.75 Å². The lowest BCUT2D eigenvalue weighted by molar-refractivity contribution is -0.144. The van der Waals surface area contributed by atoms with Crippen LogP contribution in [-0.2, 0) is 16.0 Å². The van der Waals surface area contributed by atoms with E-state index in [1.54, 1.807) is 7.11 Å². The molecule has 2 unspecified atom stereocenters. The predicted molar refractivity (Wildman–Crippen MR) is 88.8 cm³/mol. The third kappa shape index (κ3) is 5.22. The maximum atomic E-state index is 11.6. The number of carbonyl (C=O) groups is 1. The van der Waals surface area contributed by atoms with Crippen LogP contribution in [0.5, 0.6) is 5.75 Å². The van der Waals surface area contributed by atoms with Crippen molar-refractivity contribution < 1.29 is 19.4 Å². The van der Waals surface area contributed by atoms with Crippen molar-refractivity contribution in [2.75, 3.05) is 26.9 Å². The zero-order chi connectivity index (χ0) is 16.7. The van der Waals surface area contributed by atoms with E-state index in [0.717, 1.165) is 30.6 Å². The highest BCUT2D eigenvalue weighted by Crippen LogP contribution is 2.24. The van der Waals surface area contributed by atoms with Gasteiger partial charge in [-0.3, -0.25) is 4.79 Å². The molecule has 2 N–H and O–H groups in total. The smallest absolute Gasteiger partial charge is 0.308 e. The van der Waals surface area contributed by atoms with Gasteiger partial charge in [0.15, 0.2) is 0 Å². The standard InChI is InChI=1S/C18H27NO4/c1-13(11-15-5-3-4-6-17(15)22-2)19-12-16(18(20)21)14-7-9-23-10-8-14/h3-6,13-14,16,19H,7-12H2,1-2H3,(H,20,21). The Balaban J connectivity index is 1.88. The summed E-state index contributed by atoms with van der Waals surface area (Å²) in [4.78, 5) is 11.6. The minimum Gasteiger partial charge on any atom is -0.496 e. The Morgan fingerprint density at radius 2 is 2.09 bits per heavy atom. The van der Waals surface area contributed by atoms with Crippen LogP contribution in [0.1, 0.15) is 25.3 Å². The number of methoxy groups -OCH3 is 1.